The molecule has 3 nitrogen and oxygen atoms in total. The largest absolute Gasteiger partial charge is 0.310 e. The first-order chi connectivity index (χ1) is 10.0. The molecule has 0 amide bonds. The zero-order valence-corrected chi connectivity index (χ0v) is 12.9. The zero-order chi connectivity index (χ0) is 14.9. The lowest BCUT2D eigenvalue weighted by molar-refractivity contribution is 0.602. The molecule has 21 heavy (non-hydrogen) atoms. The van der Waals surface area contributed by atoms with Crippen LogP contribution in [0.4, 0.5) is 0 Å². The van der Waals surface area contributed by atoms with Crippen LogP contribution in [-0.4, -0.2) is 21.2 Å². The number of nitrogens with one attached hydrogen (secondary N) is 1. The molecule has 0 aliphatic carbocycles. The summed E-state index contributed by atoms with van der Waals surface area (Å²) in [4.78, 5) is 0.359. The quantitative estimate of drug-likeness (QED) is 0.947. The number of hydrogen-bond donors (Lipinski definition) is 1. The number of rotatable bonds is 3. The maximum atomic E-state index is 11.5. The van der Waals surface area contributed by atoms with E-state index >= 15 is 0 Å². The van der Waals surface area contributed by atoms with Crippen molar-refractivity contribution in [1.29, 1.82) is 0 Å². The Morgan fingerprint density at radius 3 is 2.00 bits per heavy atom. The Morgan fingerprint density at radius 1 is 0.952 bits per heavy atom. The van der Waals surface area contributed by atoms with Gasteiger partial charge in [-0.25, -0.2) is 8.42 Å². The molecule has 1 unspecified atom stereocenters. The lowest BCUT2D eigenvalue weighted by atomic mass is 10.00. The summed E-state index contributed by atoms with van der Waals surface area (Å²) in [6.45, 7) is 1.10. The summed E-state index contributed by atoms with van der Waals surface area (Å²) in [7, 11) is -3.13. The minimum atomic E-state index is -3.13. The van der Waals surface area contributed by atoms with E-state index in [-0.39, 0.29) is 0 Å². The standard InChI is InChI=1S/C17H19NO2S/c1-21(19,20)16-10-8-14(9-11-16)13-4-6-15(7-5-13)17-3-2-12-18-17/h4-11,17-18H,2-3,12H2,1H3. The summed E-state index contributed by atoms with van der Waals surface area (Å²) < 4.78 is 22.9. The molecule has 1 aliphatic heterocycles. The molecule has 1 N–H and O–H groups in total. The van der Waals surface area contributed by atoms with Crippen molar-refractivity contribution >= 4 is 9.84 Å². The third-order valence-corrected chi connectivity index (χ3v) is 5.12. The summed E-state index contributed by atoms with van der Waals surface area (Å²) in [6.07, 6.45) is 3.66. The number of hydrogen-bond acceptors (Lipinski definition) is 3. The molecule has 4 heteroatoms. The van der Waals surface area contributed by atoms with Gasteiger partial charge in [-0.05, 0) is 48.2 Å². The molecule has 1 fully saturated rings. The predicted octanol–water partition coefficient (Wildman–Crippen LogP) is 3.18. The summed E-state index contributed by atoms with van der Waals surface area (Å²) >= 11 is 0. The van der Waals surface area contributed by atoms with Crippen molar-refractivity contribution in [2.75, 3.05) is 12.8 Å². The predicted molar refractivity (Wildman–Crippen MR) is 85.0 cm³/mol. The monoisotopic (exact) mass is 301 g/mol. The maximum absolute atomic E-state index is 11.5. The van der Waals surface area contributed by atoms with Gasteiger partial charge >= 0.3 is 0 Å². The molecule has 0 saturated carbocycles. The van der Waals surface area contributed by atoms with Crippen molar-refractivity contribution in [3.05, 3.63) is 54.1 Å². The zero-order valence-electron chi connectivity index (χ0n) is 12.0. The van der Waals surface area contributed by atoms with Gasteiger partial charge in [0, 0.05) is 12.3 Å². The lowest BCUT2D eigenvalue weighted by Gasteiger charge is -2.11. The minimum Gasteiger partial charge on any atom is -0.310 e. The Bertz CT molecular complexity index is 712. The first-order valence-electron chi connectivity index (χ1n) is 7.18. The van der Waals surface area contributed by atoms with E-state index in [9.17, 15) is 8.42 Å². The normalized spacial score (nSPS) is 18.8. The van der Waals surface area contributed by atoms with Gasteiger partial charge in [-0.1, -0.05) is 36.4 Å². The maximum Gasteiger partial charge on any atom is 0.175 e. The number of sulfone groups is 1. The molecule has 1 heterocycles. The Balaban J connectivity index is 1.83. The second kappa shape index (κ2) is 5.62. The van der Waals surface area contributed by atoms with Crippen LogP contribution in [0.15, 0.2) is 53.4 Å². The van der Waals surface area contributed by atoms with E-state index < -0.39 is 9.84 Å². The van der Waals surface area contributed by atoms with Gasteiger partial charge in [-0.3, -0.25) is 0 Å². The van der Waals surface area contributed by atoms with E-state index in [1.165, 1.54) is 24.7 Å². The van der Waals surface area contributed by atoms with Crippen LogP contribution in [0.3, 0.4) is 0 Å². The average Bonchev–Trinajstić information content (AvgIpc) is 3.01. The summed E-state index contributed by atoms with van der Waals surface area (Å²) in [5.41, 5.74) is 3.47. The molecule has 1 saturated heterocycles. The lowest BCUT2D eigenvalue weighted by Crippen LogP contribution is -2.12. The highest BCUT2D eigenvalue weighted by Gasteiger charge is 2.15. The van der Waals surface area contributed by atoms with Gasteiger partial charge < -0.3 is 5.32 Å². The second-order valence-electron chi connectivity index (χ2n) is 5.57. The highest BCUT2D eigenvalue weighted by molar-refractivity contribution is 7.90. The van der Waals surface area contributed by atoms with Crippen LogP contribution in [0.2, 0.25) is 0 Å². The Hall–Kier alpha value is -1.65. The van der Waals surface area contributed by atoms with Gasteiger partial charge in [-0.2, -0.15) is 0 Å². The van der Waals surface area contributed by atoms with Crippen LogP contribution in [0.25, 0.3) is 11.1 Å². The number of benzene rings is 2. The molecule has 110 valence electrons. The van der Waals surface area contributed by atoms with Gasteiger partial charge in [0.1, 0.15) is 0 Å². The molecule has 3 rings (SSSR count). The average molecular weight is 301 g/mol. The van der Waals surface area contributed by atoms with Crippen LogP contribution >= 0.6 is 0 Å². The Kier molecular flexibility index (Phi) is 3.83. The van der Waals surface area contributed by atoms with Crippen molar-refractivity contribution in [3.63, 3.8) is 0 Å². The summed E-state index contributed by atoms with van der Waals surface area (Å²) in [5.74, 6) is 0. The molecule has 2 aromatic rings. The first-order valence-corrected chi connectivity index (χ1v) is 9.07. The molecule has 1 atom stereocenters. The third-order valence-electron chi connectivity index (χ3n) is 3.99. The minimum absolute atomic E-state index is 0.359. The van der Waals surface area contributed by atoms with Gasteiger partial charge in [0.25, 0.3) is 0 Å². The fraction of sp³-hybridized carbons (Fsp3) is 0.294. The third kappa shape index (κ3) is 3.17. The van der Waals surface area contributed by atoms with E-state index in [4.69, 9.17) is 0 Å². The Labute approximate surface area is 125 Å². The summed E-state index contributed by atoms with van der Waals surface area (Å²) in [5, 5.41) is 3.49. The van der Waals surface area contributed by atoms with Crippen LogP contribution in [0.5, 0.6) is 0 Å². The first kappa shape index (κ1) is 14.3. The van der Waals surface area contributed by atoms with Crippen molar-refractivity contribution in [2.45, 2.75) is 23.8 Å². The van der Waals surface area contributed by atoms with E-state index in [2.05, 4.69) is 29.6 Å². The highest BCUT2D eigenvalue weighted by atomic mass is 32.2. The van der Waals surface area contributed by atoms with Crippen LogP contribution in [0.1, 0.15) is 24.4 Å². The molecular weight excluding hydrogens is 282 g/mol. The van der Waals surface area contributed by atoms with E-state index in [0.29, 0.717) is 10.9 Å². The van der Waals surface area contributed by atoms with Crippen molar-refractivity contribution in [2.24, 2.45) is 0 Å². The van der Waals surface area contributed by atoms with Gasteiger partial charge in [0.05, 0.1) is 4.90 Å². The fourth-order valence-corrected chi connectivity index (χ4v) is 3.40. The van der Waals surface area contributed by atoms with Gasteiger partial charge in [0.2, 0.25) is 0 Å². The molecule has 0 bridgehead atoms. The van der Waals surface area contributed by atoms with E-state index in [0.717, 1.165) is 17.7 Å². The van der Waals surface area contributed by atoms with Crippen molar-refractivity contribution in [1.82, 2.24) is 5.32 Å². The fourth-order valence-electron chi connectivity index (χ4n) is 2.77. The van der Waals surface area contributed by atoms with Crippen LogP contribution < -0.4 is 5.32 Å². The highest BCUT2D eigenvalue weighted by Crippen LogP contribution is 2.26. The van der Waals surface area contributed by atoms with Crippen molar-refractivity contribution in [3.8, 4) is 11.1 Å². The Morgan fingerprint density at radius 2 is 1.52 bits per heavy atom. The van der Waals surface area contributed by atoms with Gasteiger partial charge in [-0.15, -0.1) is 0 Å². The molecular formula is C17H19NO2S. The van der Waals surface area contributed by atoms with Crippen LogP contribution in [-0.2, 0) is 9.84 Å². The summed E-state index contributed by atoms with van der Waals surface area (Å²) in [6, 6.07) is 16.0. The smallest absolute Gasteiger partial charge is 0.175 e. The molecule has 0 spiro atoms. The van der Waals surface area contributed by atoms with Crippen LogP contribution in [0, 0.1) is 0 Å². The van der Waals surface area contributed by atoms with E-state index in [1.807, 2.05) is 12.1 Å². The topological polar surface area (TPSA) is 46.2 Å². The van der Waals surface area contributed by atoms with Crippen molar-refractivity contribution < 1.29 is 8.42 Å². The van der Waals surface area contributed by atoms with Gasteiger partial charge in [0.15, 0.2) is 9.84 Å². The molecule has 0 aromatic heterocycles. The molecule has 1 aliphatic rings. The molecule has 0 radical (unpaired) electrons. The molecule has 2 aromatic carbocycles. The van der Waals surface area contributed by atoms with E-state index in [1.54, 1.807) is 12.1 Å². The second-order valence-corrected chi connectivity index (χ2v) is 7.58. The SMILES string of the molecule is CS(=O)(=O)c1ccc(-c2ccc(C3CCCN3)cc2)cc1.